The highest BCUT2D eigenvalue weighted by atomic mass is 15.1. The van der Waals surface area contributed by atoms with Crippen molar-refractivity contribution in [1.82, 2.24) is 9.88 Å². The van der Waals surface area contributed by atoms with E-state index in [4.69, 9.17) is 0 Å². The first-order valence-electron chi connectivity index (χ1n) is 7.94. The van der Waals surface area contributed by atoms with Gasteiger partial charge in [0.2, 0.25) is 0 Å². The third-order valence-electron chi connectivity index (χ3n) is 3.93. The Bertz CT molecular complexity index is 748. The molecule has 3 rings (SSSR count). The highest BCUT2D eigenvalue weighted by Crippen LogP contribution is 2.20. The number of hydrogen-bond donors (Lipinski definition) is 0. The van der Waals surface area contributed by atoms with E-state index < -0.39 is 0 Å². The summed E-state index contributed by atoms with van der Waals surface area (Å²) in [6.07, 6.45) is 3.89. The molecule has 0 aliphatic rings. The lowest BCUT2D eigenvalue weighted by Crippen LogP contribution is -2.17. The van der Waals surface area contributed by atoms with Gasteiger partial charge in [-0.25, -0.2) is 0 Å². The summed E-state index contributed by atoms with van der Waals surface area (Å²) in [6.45, 7) is 3.94. The molecular weight excluding hydrogens is 280 g/mol. The van der Waals surface area contributed by atoms with E-state index in [2.05, 4.69) is 84.5 Å². The van der Waals surface area contributed by atoms with E-state index >= 15 is 0 Å². The predicted octanol–water partition coefficient (Wildman–Crippen LogP) is 4.69. The monoisotopic (exact) mass is 302 g/mol. The van der Waals surface area contributed by atoms with Crippen molar-refractivity contribution >= 4 is 0 Å². The van der Waals surface area contributed by atoms with E-state index in [-0.39, 0.29) is 0 Å². The van der Waals surface area contributed by atoms with Crippen LogP contribution in [0.5, 0.6) is 0 Å². The van der Waals surface area contributed by atoms with Crippen molar-refractivity contribution < 1.29 is 0 Å². The molecule has 0 spiro atoms. The molecule has 116 valence electrons. The van der Waals surface area contributed by atoms with Crippen LogP contribution in [0.4, 0.5) is 0 Å². The Kier molecular flexibility index (Phi) is 4.84. The Morgan fingerprint density at radius 1 is 0.783 bits per heavy atom. The number of benzene rings is 2. The molecule has 0 bridgehead atoms. The van der Waals surface area contributed by atoms with Gasteiger partial charge >= 0.3 is 0 Å². The van der Waals surface area contributed by atoms with Crippen LogP contribution in [0.3, 0.4) is 0 Å². The lowest BCUT2D eigenvalue weighted by molar-refractivity contribution is 0.319. The van der Waals surface area contributed by atoms with Crippen LogP contribution in [0, 0.1) is 6.92 Å². The van der Waals surface area contributed by atoms with E-state index in [1.807, 2.05) is 12.4 Å². The summed E-state index contributed by atoms with van der Waals surface area (Å²) >= 11 is 0. The summed E-state index contributed by atoms with van der Waals surface area (Å²) in [5.74, 6) is 0. The Morgan fingerprint density at radius 2 is 1.48 bits per heavy atom. The third kappa shape index (κ3) is 4.27. The summed E-state index contributed by atoms with van der Waals surface area (Å²) in [4.78, 5) is 6.73. The van der Waals surface area contributed by atoms with Crippen molar-refractivity contribution in [2.45, 2.75) is 20.0 Å². The summed E-state index contributed by atoms with van der Waals surface area (Å²) in [7, 11) is 2.14. The molecule has 0 N–H and O–H groups in total. The van der Waals surface area contributed by atoms with Gasteiger partial charge in [-0.15, -0.1) is 0 Å². The average Bonchev–Trinajstić information content (AvgIpc) is 2.56. The molecule has 1 aromatic heterocycles. The minimum Gasteiger partial charge on any atom is -0.298 e. The van der Waals surface area contributed by atoms with Crippen LogP contribution in [0.2, 0.25) is 0 Å². The molecule has 0 aliphatic heterocycles. The van der Waals surface area contributed by atoms with E-state index in [0.717, 1.165) is 13.1 Å². The molecule has 0 unspecified atom stereocenters. The molecule has 23 heavy (non-hydrogen) atoms. The molecular formula is C21H22N2. The van der Waals surface area contributed by atoms with Crippen LogP contribution in [0.15, 0.2) is 73.1 Å². The van der Waals surface area contributed by atoms with E-state index in [1.165, 1.54) is 27.8 Å². The Labute approximate surface area is 138 Å². The van der Waals surface area contributed by atoms with Crippen molar-refractivity contribution in [3.8, 4) is 11.1 Å². The number of aromatic nitrogens is 1. The normalized spacial score (nSPS) is 10.9. The molecule has 3 aromatic rings. The second-order valence-electron chi connectivity index (χ2n) is 6.11. The van der Waals surface area contributed by atoms with Crippen molar-refractivity contribution in [3.05, 3.63) is 89.7 Å². The molecule has 0 amide bonds. The standard InChI is InChI=1S/C21H22N2/c1-17-8-10-20(11-9-17)21-12-19(13-22-14-21)16-23(2)15-18-6-4-3-5-7-18/h3-14H,15-16H2,1-2H3. The zero-order valence-electron chi connectivity index (χ0n) is 13.7. The fourth-order valence-electron chi connectivity index (χ4n) is 2.74. The van der Waals surface area contributed by atoms with Crippen molar-refractivity contribution in [1.29, 1.82) is 0 Å². The molecule has 0 aliphatic carbocycles. The van der Waals surface area contributed by atoms with Gasteiger partial charge in [0.15, 0.2) is 0 Å². The van der Waals surface area contributed by atoms with Crippen LogP contribution < -0.4 is 0 Å². The Balaban J connectivity index is 1.71. The number of aryl methyl sites for hydroxylation is 1. The maximum atomic E-state index is 4.42. The lowest BCUT2D eigenvalue weighted by Gasteiger charge is -2.17. The topological polar surface area (TPSA) is 16.1 Å². The maximum absolute atomic E-state index is 4.42. The largest absolute Gasteiger partial charge is 0.298 e. The number of nitrogens with zero attached hydrogens (tertiary/aromatic N) is 2. The molecule has 0 atom stereocenters. The number of pyridine rings is 1. The van der Waals surface area contributed by atoms with Crippen molar-refractivity contribution in [2.24, 2.45) is 0 Å². The van der Waals surface area contributed by atoms with Gasteiger partial charge in [0.25, 0.3) is 0 Å². The highest BCUT2D eigenvalue weighted by molar-refractivity contribution is 5.63. The zero-order chi connectivity index (χ0) is 16.1. The number of hydrogen-bond acceptors (Lipinski definition) is 2. The first kappa shape index (κ1) is 15.4. The summed E-state index contributed by atoms with van der Waals surface area (Å²) in [6, 6.07) is 21.4. The summed E-state index contributed by atoms with van der Waals surface area (Å²) in [5.41, 5.74) is 6.24. The SMILES string of the molecule is Cc1ccc(-c2cncc(CN(C)Cc3ccccc3)c2)cc1. The molecule has 0 saturated heterocycles. The Hall–Kier alpha value is -2.45. The van der Waals surface area contributed by atoms with Crippen LogP contribution in [0.25, 0.3) is 11.1 Å². The second-order valence-corrected chi connectivity index (χ2v) is 6.11. The van der Waals surface area contributed by atoms with Gasteiger partial charge in [0.05, 0.1) is 0 Å². The summed E-state index contributed by atoms with van der Waals surface area (Å²) in [5, 5.41) is 0. The maximum Gasteiger partial charge on any atom is 0.0346 e. The lowest BCUT2D eigenvalue weighted by atomic mass is 10.0. The summed E-state index contributed by atoms with van der Waals surface area (Å²) < 4.78 is 0. The molecule has 1 heterocycles. The highest BCUT2D eigenvalue weighted by Gasteiger charge is 2.04. The minimum absolute atomic E-state index is 0.890. The average molecular weight is 302 g/mol. The van der Waals surface area contributed by atoms with Crippen LogP contribution in [0.1, 0.15) is 16.7 Å². The fraction of sp³-hybridized carbons (Fsp3) is 0.190. The van der Waals surface area contributed by atoms with Crippen molar-refractivity contribution in [2.75, 3.05) is 7.05 Å². The molecule has 0 fully saturated rings. The zero-order valence-corrected chi connectivity index (χ0v) is 13.7. The van der Waals surface area contributed by atoms with Gasteiger partial charge in [0.1, 0.15) is 0 Å². The van der Waals surface area contributed by atoms with Gasteiger partial charge < -0.3 is 0 Å². The number of rotatable bonds is 5. The van der Waals surface area contributed by atoms with E-state index in [9.17, 15) is 0 Å². The fourth-order valence-corrected chi connectivity index (χ4v) is 2.74. The van der Waals surface area contributed by atoms with E-state index in [0.29, 0.717) is 0 Å². The van der Waals surface area contributed by atoms with Gasteiger partial charge in [0, 0.05) is 31.0 Å². The van der Waals surface area contributed by atoms with Crippen molar-refractivity contribution in [3.63, 3.8) is 0 Å². The Morgan fingerprint density at radius 3 is 2.22 bits per heavy atom. The van der Waals surface area contributed by atoms with E-state index in [1.54, 1.807) is 0 Å². The third-order valence-corrected chi connectivity index (χ3v) is 3.93. The predicted molar refractivity (Wildman–Crippen MR) is 96.0 cm³/mol. The second kappa shape index (κ2) is 7.21. The minimum atomic E-state index is 0.890. The molecule has 2 nitrogen and oxygen atoms in total. The van der Waals surface area contributed by atoms with Crippen LogP contribution in [-0.2, 0) is 13.1 Å². The van der Waals surface area contributed by atoms with Gasteiger partial charge in [-0.05, 0) is 36.7 Å². The molecule has 0 saturated carbocycles. The quantitative estimate of drug-likeness (QED) is 0.680. The van der Waals surface area contributed by atoms with Gasteiger partial charge in [-0.1, -0.05) is 60.2 Å². The molecule has 0 radical (unpaired) electrons. The molecule has 2 heteroatoms. The first-order valence-corrected chi connectivity index (χ1v) is 7.94. The van der Waals surface area contributed by atoms with Crippen LogP contribution in [-0.4, -0.2) is 16.9 Å². The molecule has 2 aromatic carbocycles. The van der Waals surface area contributed by atoms with Crippen LogP contribution >= 0.6 is 0 Å². The smallest absolute Gasteiger partial charge is 0.0346 e. The van der Waals surface area contributed by atoms with Gasteiger partial charge in [-0.3, -0.25) is 9.88 Å². The van der Waals surface area contributed by atoms with Gasteiger partial charge in [-0.2, -0.15) is 0 Å². The first-order chi connectivity index (χ1) is 11.2.